The molecule has 0 saturated carbocycles. The van der Waals surface area contributed by atoms with E-state index in [2.05, 4.69) is 6.58 Å². The lowest BCUT2D eigenvalue weighted by Crippen LogP contribution is -2.46. The van der Waals surface area contributed by atoms with Crippen molar-refractivity contribution in [3.8, 4) is 0 Å². The molecule has 0 unspecified atom stereocenters. The van der Waals surface area contributed by atoms with E-state index in [4.69, 9.17) is 9.47 Å². The molecule has 0 N–H and O–H groups in total. The van der Waals surface area contributed by atoms with Gasteiger partial charge < -0.3 is 14.4 Å². The van der Waals surface area contributed by atoms with Gasteiger partial charge in [0.2, 0.25) is 5.91 Å². The van der Waals surface area contributed by atoms with Crippen LogP contribution in [0.25, 0.3) is 0 Å². The molecule has 0 atom stereocenters. The zero-order chi connectivity index (χ0) is 14.1. The van der Waals surface area contributed by atoms with Gasteiger partial charge in [-0.05, 0) is 6.92 Å². The Morgan fingerprint density at radius 1 is 1.37 bits per heavy atom. The Morgan fingerprint density at radius 2 is 2.05 bits per heavy atom. The van der Waals surface area contributed by atoms with Crippen molar-refractivity contribution in [1.82, 2.24) is 9.80 Å². The molecule has 6 heteroatoms. The standard InChI is InChI=1S/C13H22N2O4/c1-3-5-14(11-13(17)19-4-2)10-12(16)15-6-8-18-9-7-15/h3H,1,4-11H2,2H3. The molecule has 1 aliphatic rings. The molecule has 1 rings (SSSR count). The second-order valence-electron chi connectivity index (χ2n) is 4.26. The lowest BCUT2D eigenvalue weighted by atomic mass is 10.3. The van der Waals surface area contributed by atoms with Gasteiger partial charge in [-0.1, -0.05) is 6.08 Å². The predicted molar refractivity (Wildman–Crippen MR) is 70.7 cm³/mol. The summed E-state index contributed by atoms with van der Waals surface area (Å²) < 4.78 is 10.1. The van der Waals surface area contributed by atoms with Crippen molar-refractivity contribution in [1.29, 1.82) is 0 Å². The van der Waals surface area contributed by atoms with E-state index >= 15 is 0 Å². The monoisotopic (exact) mass is 270 g/mol. The van der Waals surface area contributed by atoms with Crippen LogP contribution in [0.1, 0.15) is 6.92 Å². The lowest BCUT2D eigenvalue weighted by Gasteiger charge is -2.29. The first-order valence-electron chi connectivity index (χ1n) is 6.51. The van der Waals surface area contributed by atoms with Gasteiger partial charge in [0.15, 0.2) is 0 Å². The van der Waals surface area contributed by atoms with E-state index in [1.54, 1.807) is 22.8 Å². The Balaban J connectivity index is 2.44. The topological polar surface area (TPSA) is 59.1 Å². The van der Waals surface area contributed by atoms with Gasteiger partial charge in [0.25, 0.3) is 0 Å². The van der Waals surface area contributed by atoms with Gasteiger partial charge in [-0.15, -0.1) is 6.58 Å². The molecule has 108 valence electrons. The van der Waals surface area contributed by atoms with Gasteiger partial charge in [-0.25, -0.2) is 0 Å². The van der Waals surface area contributed by atoms with Crippen molar-refractivity contribution in [3.05, 3.63) is 12.7 Å². The fraction of sp³-hybridized carbons (Fsp3) is 0.692. The molecule has 1 fully saturated rings. The van der Waals surface area contributed by atoms with E-state index in [1.807, 2.05) is 0 Å². The minimum Gasteiger partial charge on any atom is -0.465 e. The number of morpholine rings is 1. The zero-order valence-corrected chi connectivity index (χ0v) is 11.5. The van der Waals surface area contributed by atoms with Crippen LogP contribution in [0.2, 0.25) is 0 Å². The smallest absolute Gasteiger partial charge is 0.320 e. The van der Waals surface area contributed by atoms with Crippen LogP contribution in [0.3, 0.4) is 0 Å². The van der Waals surface area contributed by atoms with E-state index in [0.717, 1.165) is 0 Å². The fourth-order valence-electron chi connectivity index (χ4n) is 1.86. The maximum atomic E-state index is 12.1. The van der Waals surface area contributed by atoms with Crippen molar-refractivity contribution in [2.45, 2.75) is 6.92 Å². The Kier molecular flexibility index (Phi) is 7.14. The number of nitrogens with zero attached hydrogens (tertiary/aromatic N) is 2. The molecular weight excluding hydrogens is 248 g/mol. The third-order valence-corrected chi connectivity index (χ3v) is 2.77. The Bertz CT molecular complexity index is 314. The van der Waals surface area contributed by atoms with E-state index in [9.17, 15) is 9.59 Å². The number of amides is 1. The van der Waals surface area contributed by atoms with Gasteiger partial charge in [0, 0.05) is 19.6 Å². The Morgan fingerprint density at radius 3 is 2.63 bits per heavy atom. The van der Waals surface area contributed by atoms with Crippen LogP contribution in [-0.4, -0.2) is 74.2 Å². The van der Waals surface area contributed by atoms with Crippen LogP contribution in [0, 0.1) is 0 Å². The van der Waals surface area contributed by atoms with Crippen molar-refractivity contribution in [3.63, 3.8) is 0 Å². The average Bonchev–Trinajstić information content (AvgIpc) is 2.40. The summed E-state index contributed by atoms with van der Waals surface area (Å²) in [5.74, 6) is -0.312. The summed E-state index contributed by atoms with van der Waals surface area (Å²) in [6, 6.07) is 0. The van der Waals surface area contributed by atoms with Crippen molar-refractivity contribution >= 4 is 11.9 Å². The number of carbonyl (C=O) groups excluding carboxylic acids is 2. The number of ether oxygens (including phenoxy) is 2. The molecule has 1 saturated heterocycles. The largest absolute Gasteiger partial charge is 0.465 e. The number of carbonyl (C=O) groups is 2. The minimum absolute atomic E-state index is 0.00875. The second kappa shape index (κ2) is 8.66. The Hall–Kier alpha value is -1.40. The first-order valence-corrected chi connectivity index (χ1v) is 6.51. The summed E-state index contributed by atoms with van der Waals surface area (Å²) in [5, 5.41) is 0. The van der Waals surface area contributed by atoms with Gasteiger partial charge in [0.1, 0.15) is 0 Å². The second-order valence-corrected chi connectivity index (χ2v) is 4.26. The number of esters is 1. The zero-order valence-electron chi connectivity index (χ0n) is 11.5. The van der Waals surface area contributed by atoms with E-state index in [-0.39, 0.29) is 25.0 Å². The summed E-state index contributed by atoms with van der Waals surface area (Å²) in [6.45, 7) is 8.90. The van der Waals surface area contributed by atoms with Crippen molar-refractivity contribution in [2.75, 3.05) is 52.5 Å². The summed E-state index contributed by atoms with van der Waals surface area (Å²) in [6.07, 6.45) is 1.67. The molecule has 0 radical (unpaired) electrons. The first kappa shape index (κ1) is 15.7. The SMILES string of the molecule is C=CCN(CC(=O)OCC)CC(=O)N1CCOCC1. The van der Waals surface area contributed by atoms with Gasteiger partial charge in [-0.3, -0.25) is 14.5 Å². The quantitative estimate of drug-likeness (QED) is 0.477. The van der Waals surface area contributed by atoms with Crippen LogP contribution >= 0.6 is 0 Å². The third-order valence-electron chi connectivity index (χ3n) is 2.77. The molecule has 19 heavy (non-hydrogen) atoms. The number of rotatable bonds is 7. The molecule has 0 aromatic rings. The Labute approximate surface area is 113 Å². The van der Waals surface area contributed by atoms with Gasteiger partial charge in [0.05, 0.1) is 32.9 Å². The lowest BCUT2D eigenvalue weighted by molar-refractivity contribution is -0.145. The summed E-state index contributed by atoms with van der Waals surface area (Å²) in [7, 11) is 0. The van der Waals surface area contributed by atoms with E-state index in [0.29, 0.717) is 39.5 Å². The highest BCUT2D eigenvalue weighted by Crippen LogP contribution is 2.00. The molecule has 0 spiro atoms. The fourth-order valence-corrected chi connectivity index (χ4v) is 1.86. The number of hydrogen-bond donors (Lipinski definition) is 0. The van der Waals surface area contributed by atoms with Crippen LogP contribution in [0.15, 0.2) is 12.7 Å². The highest BCUT2D eigenvalue weighted by Gasteiger charge is 2.20. The highest BCUT2D eigenvalue weighted by atomic mass is 16.5. The number of hydrogen-bond acceptors (Lipinski definition) is 5. The van der Waals surface area contributed by atoms with Crippen molar-refractivity contribution in [2.24, 2.45) is 0 Å². The van der Waals surface area contributed by atoms with Gasteiger partial charge in [-0.2, -0.15) is 0 Å². The predicted octanol–water partition coefficient (Wildman–Crippen LogP) is -0.104. The summed E-state index contributed by atoms with van der Waals surface area (Å²) >= 11 is 0. The van der Waals surface area contributed by atoms with E-state index < -0.39 is 0 Å². The van der Waals surface area contributed by atoms with Gasteiger partial charge >= 0.3 is 5.97 Å². The molecule has 1 heterocycles. The molecule has 0 aromatic carbocycles. The molecule has 0 bridgehead atoms. The van der Waals surface area contributed by atoms with Crippen LogP contribution in [-0.2, 0) is 19.1 Å². The maximum Gasteiger partial charge on any atom is 0.320 e. The minimum atomic E-state index is -0.320. The molecule has 6 nitrogen and oxygen atoms in total. The molecule has 1 aliphatic heterocycles. The van der Waals surface area contributed by atoms with Crippen LogP contribution in [0.5, 0.6) is 0 Å². The van der Waals surface area contributed by atoms with E-state index in [1.165, 1.54) is 0 Å². The highest BCUT2D eigenvalue weighted by molar-refractivity contribution is 5.79. The maximum absolute atomic E-state index is 12.1. The normalized spacial score (nSPS) is 15.4. The average molecular weight is 270 g/mol. The molecular formula is C13H22N2O4. The van der Waals surface area contributed by atoms with Crippen LogP contribution < -0.4 is 0 Å². The molecule has 0 aliphatic carbocycles. The summed E-state index contributed by atoms with van der Waals surface area (Å²) in [5.41, 5.74) is 0. The third kappa shape index (κ3) is 5.85. The first-order chi connectivity index (χ1) is 9.17. The van der Waals surface area contributed by atoms with Crippen LogP contribution in [0.4, 0.5) is 0 Å². The molecule has 0 aromatic heterocycles. The molecule has 1 amide bonds. The summed E-state index contributed by atoms with van der Waals surface area (Å²) in [4.78, 5) is 27.0. The van der Waals surface area contributed by atoms with Crippen molar-refractivity contribution < 1.29 is 19.1 Å².